The lowest BCUT2D eigenvalue weighted by Crippen LogP contribution is -2.17. The van der Waals surface area contributed by atoms with Gasteiger partial charge in [-0.1, -0.05) is 6.07 Å². The lowest BCUT2D eigenvalue weighted by atomic mass is 10.1. The zero-order chi connectivity index (χ0) is 16.2. The Balaban J connectivity index is 1.98. The maximum absolute atomic E-state index is 10.5. The summed E-state index contributed by atoms with van der Waals surface area (Å²) in [4.78, 5) is 12.6. The Labute approximate surface area is 135 Å². The smallest absolute Gasteiger partial charge is 0.123 e. The molecule has 0 aliphatic carbocycles. The van der Waals surface area contributed by atoms with Crippen LogP contribution in [0.25, 0.3) is 11.0 Å². The SMILES string of the molecule is C=N/C(=C\N=CC)C(O)c1ccc2c(c1)nc1n2CCNCC1. The fourth-order valence-electron chi connectivity index (χ4n) is 2.84. The van der Waals surface area contributed by atoms with Gasteiger partial charge in [0, 0.05) is 32.3 Å². The van der Waals surface area contributed by atoms with Crippen molar-refractivity contribution in [3.05, 3.63) is 41.5 Å². The van der Waals surface area contributed by atoms with Gasteiger partial charge in [-0.25, -0.2) is 4.98 Å². The molecule has 23 heavy (non-hydrogen) atoms. The lowest BCUT2D eigenvalue weighted by Gasteiger charge is -2.11. The molecule has 1 atom stereocenters. The highest BCUT2D eigenvalue weighted by molar-refractivity contribution is 5.77. The van der Waals surface area contributed by atoms with Crippen molar-refractivity contribution >= 4 is 24.0 Å². The van der Waals surface area contributed by atoms with Gasteiger partial charge in [0.2, 0.25) is 0 Å². The van der Waals surface area contributed by atoms with E-state index >= 15 is 0 Å². The summed E-state index contributed by atoms with van der Waals surface area (Å²) in [6.45, 7) is 8.13. The summed E-state index contributed by atoms with van der Waals surface area (Å²) in [5.74, 6) is 1.09. The Bertz CT molecular complexity index is 775. The van der Waals surface area contributed by atoms with Gasteiger partial charge >= 0.3 is 0 Å². The normalized spacial score (nSPS) is 17.2. The number of fused-ring (bicyclic) bond motifs is 3. The van der Waals surface area contributed by atoms with Crippen molar-refractivity contribution in [3.8, 4) is 0 Å². The average molecular weight is 311 g/mol. The van der Waals surface area contributed by atoms with Crippen LogP contribution in [0.4, 0.5) is 0 Å². The van der Waals surface area contributed by atoms with E-state index < -0.39 is 6.10 Å². The predicted octanol–water partition coefficient (Wildman–Crippen LogP) is 1.85. The predicted molar refractivity (Wildman–Crippen MR) is 93.1 cm³/mol. The number of rotatable bonds is 4. The molecule has 0 saturated heterocycles. The molecular formula is C17H21N5O. The highest BCUT2D eigenvalue weighted by Gasteiger charge is 2.17. The van der Waals surface area contributed by atoms with E-state index in [0.717, 1.165) is 48.5 Å². The van der Waals surface area contributed by atoms with Crippen LogP contribution in [0.1, 0.15) is 24.4 Å². The molecule has 0 saturated carbocycles. The van der Waals surface area contributed by atoms with E-state index in [4.69, 9.17) is 4.98 Å². The van der Waals surface area contributed by atoms with Crippen molar-refractivity contribution in [2.24, 2.45) is 9.98 Å². The second-order valence-electron chi connectivity index (χ2n) is 5.45. The molecule has 0 amide bonds. The van der Waals surface area contributed by atoms with Gasteiger partial charge in [0.1, 0.15) is 11.9 Å². The first-order valence-electron chi connectivity index (χ1n) is 7.77. The molecule has 2 N–H and O–H groups in total. The van der Waals surface area contributed by atoms with Gasteiger partial charge < -0.3 is 15.0 Å². The standard InChI is InChI=1S/C17H21N5O/c1-3-19-11-14(18-2)17(23)12-4-5-15-13(10-12)21-16-6-7-20-8-9-22(15)16/h3-5,10-11,17,20,23H,2,6-9H2,1H3/b14-11-,19-3?. The second-order valence-corrected chi connectivity index (χ2v) is 5.45. The van der Waals surface area contributed by atoms with Gasteiger partial charge in [-0.05, 0) is 31.3 Å². The summed E-state index contributed by atoms with van der Waals surface area (Å²) in [5, 5.41) is 13.9. The molecule has 6 heteroatoms. The summed E-state index contributed by atoms with van der Waals surface area (Å²) < 4.78 is 2.25. The van der Waals surface area contributed by atoms with Crippen LogP contribution in [0.5, 0.6) is 0 Å². The van der Waals surface area contributed by atoms with Crippen molar-refractivity contribution in [2.45, 2.75) is 26.0 Å². The van der Waals surface area contributed by atoms with Gasteiger partial charge in [0.05, 0.1) is 22.9 Å². The van der Waals surface area contributed by atoms with Crippen LogP contribution in [0.3, 0.4) is 0 Å². The number of benzene rings is 1. The zero-order valence-electron chi connectivity index (χ0n) is 13.2. The van der Waals surface area contributed by atoms with Crippen molar-refractivity contribution in [3.63, 3.8) is 0 Å². The van der Waals surface area contributed by atoms with Crippen LogP contribution < -0.4 is 5.32 Å². The fourth-order valence-corrected chi connectivity index (χ4v) is 2.84. The number of aromatic nitrogens is 2. The maximum atomic E-state index is 10.5. The lowest BCUT2D eigenvalue weighted by molar-refractivity contribution is 0.214. The minimum absolute atomic E-state index is 0.424. The van der Waals surface area contributed by atoms with Gasteiger partial charge in [-0.2, -0.15) is 0 Å². The summed E-state index contributed by atoms with van der Waals surface area (Å²) >= 11 is 0. The summed E-state index contributed by atoms with van der Waals surface area (Å²) in [6.07, 6.45) is 3.22. The molecule has 120 valence electrons. The maximum Gasteiger partial charge on any atom is 0.123 e. The summed E-state index contributed by atoms with van der Waals surface area (Å²) in [6, 6.07) is 5.85. The first-order chi connectivity index (χ1) is 11.2. The minimum atomic E-state index is -0.858. The molecule has 6 nitrogen and oxygen atoms in total. The number of nitrogens with zero attached hydrogens (tertiary/aromatic N) is 4. The Hall–Kier alpha value is -2.31. The third kappa shape index (κ3) is 3.09. The largest absolute Gasteiger partial charge is 0.382 e. The minimum Gasteiger partial charge on any atom is -0.382 e. The molecule has 0 bridgehead atoms. The monoisotopic (exact) mass is 311 g/mol. The first-order valence-corrected chi connectivity index (χ1v) is 7.77. The Morgan fingerprint density at radius 3 is 3.13 bits per heavy atom. The summed E-state index contributed by atoms with van der Waals surface area (Å²) in [5.41, 5.74) is 3.17. The van der Waals surface area contributed by atoms with Gasteiger partial charge in [0.15, 0.2) is 0 Å². The first kappa shape index (κ1) is 15.6. The molecule has 2 aromatic rings. The molecule has 2 heterocycles. The van der Waals surface area contributed by atoms with E-state index in [-0.39, 0.29) is 0 Å². The molecule has 3 rings (SSSR count). The van der Waals surface area contributed by atoms with Crippen molar-refractivity contribution in [2.75, 3.05) is 13.1 Å². The number of imidazole rings is 1. The number of hydrogen-bond acceptors (Lipinski definition) is 5. The van der Waals surface area contributed by atoms with E-state index in [0.29, 0.717) is 5.70 Å². The van der Waals surface area contributed by atoms with Gasteiger partial charge in [-0.3, -0.25) is 9.98 Å². The quantitative estimate of drug-likeness (QED) is 0.846. The van der Waals surface area contributed by atoms with E-state index in [2.05, 4.69) is 26.6 Å². The third-order valence-corrected chi connectivity index (χ3v) is 4.02. The van der Waals surface area contributed by atoms with Crippen LogP contribution in [-0.2, 0) is 13.0 Å². The number of nitrogens with one attached hydrogen (secondary N) is 1. The molecule has 0 radical (unpaired) electrons. The summed E-state index contributed by atoms with van der Waals surface area (Å²) in [7, 11) is 0. The molecule has 1 aromatic heterocycles. The van der Waals surface area contributed by atoms with E-state index in [1.165, 1.54) is 6.20 Å². The Kier molecular flexibility index (Phi) is 4.64. The molecule has 1 aromatic carbocycles. The van der Waals surface area contributed by atoms with Gasteiger partial charge in [-0.15, -0.1) is 0 Å². The fraction of sp³-hybridized carbons (Fsp3) is 0.353. The zero-order valence-corrected chi connectivity index (χ0v) is 13.2. The van der Waals surface area contributed by atoms with E-state index in [1.54, 1.807) is 6.21 Å². The highest BCUT2D eigenvalue weighted by Crippen LogP contribution is 2.26. The van der Waals surface area contributed by atoms with Gasteiger partial charge in [0.25, 0.3) is 0 Å². The Morgan fingerprint density at radius 2 is 2.35 bits per heavy atom. The highest BCUT2D eigenvalue weighted by atomic mass is 16.3. The van der Waals surface area contributed by atoms with Crippen molar-refractivity contribution < 1.29 is 5.11 Å². The number of aliphatic imine (C=N–C) groups is 2. The molecule has 1 aliphatic heterocycles. The molecular weight excluding hydrogens is 290 g/mol. The van der Waals surface area contributed by atoms with Crippen LogP contribution >= 0.6 is 0 Å². The number of hydrogen-bond donors (Lipinski definition) is 2. The van der Waals surface area contributed by atoms with E-state index in [1.807, 2.05) is 25.1 Å². The number of aliphatic hydroxyl groups excluding tert-OH is 1. The molecule has 0 fully saturated rings. The Morgan fingerprint density at radius 1 is 1.48 bits per heavy atom. The van der Waals surface area contributed by atoms with Crippen molar-refractivity contribution in [1.29, 1.82) is 0 Å². The van der Waals surface area contributed by atoms with Crippen molar-refractivity contribution in [1.82, 2.24) is 14.9 Å². The topological polar surface area (TPSA) is 74.8 Å². The van der Waals surface area contributed by atoms with E-state index in [9.17, 15) is 5.11 Å². The third-order valence-electron chi connectivity index (χ3n) is 4.02. The average Bonchev–Trinajstić information content (AvgIpc) is 2.75. The second kappa shape index (κ2) is 6.85. The molecule has 1 unspecified atom stereocenters. The van der Waals surface area contributed by atoms with Crippen LogP contribution in [0.2, 0.25) is 0 Å². The van der Waals surface area contributed by atoms with Crippen LogP contribution in [0.15, 0.2) is 40.1 Å². The molecule has 0 spiro atoms. The van der Waals surface area contributed by atoms with Crippen LogP contribution in [-0.4, -0.2) is 40.7 Å². The number of aliphatic hydroxyl groups is 1. The van der Waals surface area contributed by atoms with Crippen LogP contribution in [0, 0.1) is 0 Å². The molecule has 1 aliphatic rings.